The summed E-state index contributed by atoms with van der Waals surface area (Å²) >= 11 is 0. The highest BCUT2D eigenvalue weighted by molar-refractivity contribution is 5.38. The number of aryl methyl sites for hydroxylation is 1. The van der Waals surface area contributed by atoms with Crippen LogP contribution in [0.4, 0.5) is 4.39 Å². The fourth-order valence-corrected chi connectivity index (χ4v) is 1.39. The number of rotatable bonds is 3. The Morgan fingerprint density at radius 1 is 1.50 bits per heavy atom. The zero-order valence-corrected chi connectivity index (χ0v) is 8.67. The molecule has 0 saturated carbocycles. The Morgan fingerprint density at radius 2 is 2.14 bits per heavy atom. The SMILES string of the molecule is COc1cc(F)c(C)cc1CC(C)O. The lowest BCUT2D eigenvalue weighted by Crippen LogP contribution is -2.06. The molecule has 0 aliphatic heterocycles. The van der Waals surface area contributed by atoms with Crippen LogP contribution < -0.4 is 4.74 Å². The van der Waals surface area contributed by atoms with Crippen LogP contribution in [0.1, 0.15) is 18.1 Å². The van der Waals surface area contributed by atoms with Crippen LogP contribution >= 0.6 is 0 Å². The van der Waals surface area contributed by atoms with Crippen molar-refractivity contribution in [2.75, 3.05) is 7.11 Å². The van der Waals surface area contributed by atoms with Gasteiger partial charge in [-0.05, 0) is 31.0 Å². The third-order valence-electron chi connectivity index (χ3n) is 2.08. The first-order chi connectivity index (χ1) is 6.54. The zero-order chi connectivity index (χ0) is 10.7. The number of ether oxygens (including phenoxy) is 1. The van der Waals surface area contributed by atoms with Crippen LogP contribution in [0.5, 0.6) is 5.75 Å². The van der Waals surface area contributed by atoms with Gasteiger partial charge in [-0.1, -0.05) is 0 Å². The van der Waals surface area contributed by atoms with E-state index < -0.39 is 6.10 Å². The molecule has 0 heterocycles. The molecule has 0 amide bonds. The molecule has 2 nitrogen and oxygen atoms in total. The molecule has 1 unspecified atom stereocenters. The highest BCUT2D eigenvalue weighted by Gasteiger charge is 2.09. The van der Waals surface area contributed by atoms with Crippen LogP contribution in [-0.4, -0.2) is 18.3 Å². The van der Waals surface area contributed by atoms with Crippen LogP contribution in [-0.2, 0) is 6.42 Å². The van der Waals surface area contributed by atoms with Crippen molar-refractivity contribution >= 4 is 0 Å². The van der Waals surface area contributed by atoms with Crippen molar-refractivity contribution in [3.05, 3.63) is 29.1 Å². The monoisotopic (exact) mass is 198 g/mol. The van der Waals surface area contributed by atoms with Crippen molar-refractivity contribution in [3.8, 4) is 5.75 Å². The molecule has 78 valence electrons. The van der Waals surface area contributed by atoms with E-state index >= 15 is 0 Å². The van der Waals surface area contributed by atoms with E-state index in [1.807, 2.05) is 0 Å². The van der Waals surface area contributed by atoms with Crippen molar-refractivity contribution in [3.63, 3.8) is 0 Å². The summed E-state index contributed by atoms with van der Waals surface area (Å²) in [6, 6.07) is 3.06. The average molecular weight is 198 g/mol. The minimum atomic E-state index is -0.450. The average Bonchev–Trinajstić information content (AvgIpc) is 2.10. The molecular weight excluding hydrogens is 183 g/mol. The molecule has 0 radical (unpaired) electrons. The summed E-state index contributed by atoms with van der Waals surface area (Å²) in [5, 5.41) is 9.24. The number of hydrogen-bond donors (Lipinski definition) is 1. The van der Waals surface area contributed by atoms with Gasteiger partial charge in [0.15, 0.2) is 0 Å². The third kappa shape index (κ3) is 2.45. The summed E-state index contributed by atoms with van der Waals surface area (Å²) in [5.74, 6) is 0.213. The highest BCUT2D eigenvalue weighted by Crippen LogP contribution is 2.23. The molecule has 0 saturated heterocycles. The van der Waals surface area contributed by atoms with E-state index in [2.05, 4.69) is 0 Å². The Balaban J connectivity index is 3.07. The van der Waals surface area contributed by atoms with E-state index in [-0.39, 0.29) is 5.82 Å². The van der Waals surface area contributed by atoms with Gasteiger partial charge in [-0.25, -0.2) is 4.39 Å². The van der Waals surface area contributed by atoms with E-state index in [4.69, 9.17) is 4.74 Å². The maximum Gasteiger partial charge on any atom is 0.129 e. The van der Waals surface area contributed by atoms with Crippen LogP contribution in [0.25, 0.3) is 0 Å². The maximum atomic E-state index is 13.1. The summed E-state index contributed by atoms with van der Waals surface area (Å²) in [4.78, 5) is 0. The second-order valence-electron chi connectivity index (χ2n) is 3.47. The molecular formula is C11H15FO2. The van der Waals surface area contributed by atoms with Crippen molar-refractivity contribution in [2.45, 2.75) is 26.4 Å². The topological polar surface area (TPSA) is 29.5 Å². The van der Waals surface area contributed by atoms with Crippen LogP contribution in [0.3, 0.4) is 0 Å². The first kappa shape index (κ1) is 11.0. The first-order valence-electron chi connectivity index (χ1n) is 4.55. The zero-order valence-electron chi connectivity index (χ0n) is 8.67. The van der Waals surface area contributed by atoms with Crippen molar-refractivity contribution in [2.24, 2.45) is 0 Å². The second-order valence-corrected chi connectivity index (χ2v) is 3.47. The van der Waals surface area contributed by atoms with Gasteiger partial charge in [0.25, 0.3) is 0 Å². The van der Waals surface area contributed by atoms with Crippen LogP contribution in [0.2, 0.25) is 0 Å². The van der Waals surface area contributed by atoms with Gasteiger partial charge in [-0.2, -0.15) is 0 Å². The minimum absolute atomic E-state index is 0.281. The largest absolute Gasteiger partial charge is 0.496 e. The van der Waals surface area contributed by atoms with E-state index in [1.165, 1.54) is 13.2 Å². The predicted octanol–water partition coefficient (Wildman–Crippen LogP) is 2.07. The molecule has 0 spiro atoms. The van der Waals surface area contributed by atoms with Gasteiger partial charge < -0.3 is 9.84 Å². The van der Waals surface area contributed by atoms with Crippen LogP contribution in [0.15, 0.2) is 12.1 Å². The van der Waals surface area contributed by atoms with Crippen LogP contribution in [0, 0.1) is 12.7 Å². The molecule has 1 aromatic rings. The lowest BCUT2D eigenvalue weighted by atomic mass is 10.0. The summed E-state index contributed by atoms with van der Waals surface area (Å²) in [6.07, 6.45) is 0.0263. The Labute approximate surface area is 83.3 Å². The second kappa shape index (κ2) is 4.42. The van der Waals surface area contributed by atoms with Gasteiger partial charge in [0.2, 0.25) is 0 Å². The quantitative estimate of drug-likeness (QED) is 0.805. The van der Waals surface area contributed by atoms with Crippen molar-refractivity contribution < 1.29 is 14.2 Å². The normalized spacial score (nSPS) is 12.6. The lowest BCUT2D eigenvalue weighted by molar-refractivity contribution is 0.194. The third-order valence-corrected chi connectivity index (χ3v) is 2.08. The van der Waals surface area contributed by atoms with Gasteiger partial charge in [0.1, 0.15) is 11.6 Å². The van der Waals surface area contributed by atoms with E-state index in [0.717, 1.165) is 5.56 Å². The summed E-state index contributed by atoms with van der Waals surface area (Å²) in [7, 11) is 1.50. The molecule has 14 heavy (non-hydrogen) atoms. The Hall–Kier alpha value is -1.09. The van der Waals surface area contributed by atoms with E-state index in [0.29, 0.717) is 17.7 Å². The number of hydrogen-bond acceptors (Lipinski definition) is 2. The van der Waals surface area contributed by atoms with Crippen molar-refractivity contribution in [1.29, 1.82) is 0 Å². The van der Waals surface area contributed by atoms with E-state index in [1.54, 1.807) is 19.9 Å². The predicted molar refractivity (Wildman–Crippen MR) is 53.1 cm³/mol. The molecule has 1 atom stereocenters. The fraction of sp³-hybridized carbons (Fsp3) is 0.455. The summed E-state index contributed by atoms with van der Waals surface area (Å²) in [6.45, 7) is 3.39. The van der Waals surface area contributed by atoms with Gasteiger partial charge in [0.05, 0.1) is 13.2 Å². The summed E-state index contributed by atoms with van der Waals surface area (Å²) in [5.41, 5.74) is 1.41. The molecule has 3 heteroatoms. The Morgan fingerprint density at radius 3 is 2.64 bits per heavy atom. The number of aliphatic hydroxyl groups is 1. The number of benzene rings is 1. The maximum absolute atomic E-state index is 13.1. The molecule has 1 N–H and O–H groups in total. The molecule has 0 aromatic heterocycles. The van der Waals surface area contributed by atoms with Gasteiger partial charge >= 0.3 is 0 Å². The molecule has 0 fully saturated rings. The molecule has 0 aliphatic rings. The first-order valence-corrected chi connectivity index (χ1v) is 4.55. The Bertz CT molecular complexity index is 321. The molecule has 1 rings (SSSR count). The molecule has 1 aromatic carbocycles. The standard InChI is InChI=1S/C11H15FO2/c1-7-4-9(5-8(2)13)11(14-3)6-10(7)12/h4,6,8,13H,5H2,1-3H3. The molecule has 0 aliphatic carbocycles. The Kier molecular flexibility index (Phi) is 3.47. The van der Waals surface area contributed by atoms with Gasteiger partial charge in [-0.3, -0.25) is 0 Å². The molecule has 0 bridgehead atoms. The van der Waals surface area contributed by atoms with Crippen molar-refractivity contribution in [1.82, 2.24) is 0 Å². The number of halogens is 1. The van der Waals surface area contributed by atoms with Gasteiger partial charge in [-0.15, -0.1) is 0 Å². The van der Waals surface area contributed by atoms with Gasteiger partial charge in [0, 0.05) is 12.5 Å². The number of methoxy groups -OCH3 is 1. The fourth-order valence-electron chi connectivity index (χ4n) is 1.39. The van der Waals surface area contributed by atoms with E-state index in [9.17, 15) is 9.50 Å². The lowest BCUT2D eigenvalue weighted by Gasteiger charge is -2.11. The summed E-state index contributed by atoms with van der Waals surface area (Å²) < 4.78 is 18.2. The number of aliphatic hydroxyl groups excluding tert-OH is 1. The highest BCUT2D eigenvalue weighted by atomic mass is 19.1. The minimum Gasteiger partial charge on any atom is -0.496 e. The smallest absolute Gasteiger partial charge is 0.129 e.